The number of halogens is 1. The molecule has 0 aliphatic heterocycles. The number of aliphatic carboxylic acids is 1. The minimum atomic E-state index is -0.900. The maximum atomic E-state index is 11.3. The Morgan fingerprint density at radius 1 is 1.44 bits per heavy atom. The van der Waals surface area contributed by atoms with Gasteiger partial charge < -0.3 is 5.11 Å². The molecule has 1 aromatic rings. The van der Waals surface area contributed by atoms with Crippen LogP contribution < -0.4 is 0 Å². The number of hydrogen-bond donors (Lipinski definition) is 1. The molecule has 1 aromatic carbocycles. The van der Waals surface area contributed by atoms with Crippen LogP contribution >= 0.6 is 11.6 Å². The van der Waals surface area contributed by atoms with E-state index >= 15 is 0 Å². The molecule has 1 rings (SSSR count). The molecule has 4 heteroatoms. The highest BCUT2D eigenvalue weighted by Gasteiger charge is 2.33. The van der Waals surface area contributed by atoms with Crippen molar-refractivity contribution in [2.75, 3.05) is 6.54 Å². The van der Waals surface area contributed by atoms with Crippen molar-refractivity contribution < 1.29 is 9.90 Å². The second-order valence-electron chi connectivity index (χ2n) is 4.97. The number of likely N-dealkylation sites (N-methyl/N-ethyl adjacent to an activating group) is 1. The standard InChI is InChI=1S/C14H20ClNO2/c1-5-16(14(3,4)13(17)18)9-11-7-6-10(2)8-12(11)15/h6-8H,5,9H2,1-4H3,(H,17,18). The summed E-state index contributed by atoms with van der Waals surface area (Å²) in [5.41, 5.74) is 1.16. The van der Waals surface area contributed by atoms with Gasteiger partial charge in [0.15, 0.2) is 0 Å². The van der Waals surface area contributed by atoms with E-state index in [-0.39, 0.29) is 0 Å². The number of aryl methyl sites for hydroxylation is 1. The molecule has 0 fully saturated rings. The van der Waals surface area contributed by atoms with Gasteiger partial charge in [0.1, 0.15) is 5.54 Å². The minimum absolute atomic E-state index is 0.537. The van der Waals surface area contributed by atoms with Crippen LogP contribution in [0.25, 0.3) is 0 Å². The van der Waals surface area contributed by atoms with Crippen molar-refractivity contribution in [2.45, 2.75) is 39.8 Å². The summed E-state index contributed by atoms with van der Waals surface area (Å²) in [4.78, 5) is 13.2. The third kappa shape index (κ3) is 3.24. The number of carboxylic acid groups (broad SMARTS) is 1. The molecule has 0 aliphatic rings. The number of rotatable bonds is 5. The van der Waals surface area contributed by atoms with Crippen molar-refractivity contribution in [1.29, 1.82) is 0 Å². The van der Waals surface area contributed by atoms with E-state index in [1.807, 2.05) is 36.9 Å². The predicted molar refractivity (Wildman–Crippen MR) is 74.0 cm³/mol. The average molecular weight is 270 g/mol. The van der Waals surface area contributed by atoms with Crippen LogP contribution in [0.3, 0.4) is 0 Å². The van der Waals surface area contributed by atoms with Gasteiger partial charge in [-0.15, -0.1) is 0 Å². The lowest BCUT2D eigenvalue weighted by atomic mass is 10.0. The smallest absolute Gasteiger partial charge is 0.323 e. The summed E-state index contributed by atoms with van der Waals surface area (Å²) in [5, 5.41) is 9.95. The maximum absolute atomic E-state index is 11.3. The molecule has 18 heavy (non-hydrogen) atoms. The lowest BCUT2D eigenvalue weighted by molar-refractivity contribution is -0.149. The zero-order valence-corrected chi connectivity index (χ0v) is 12.1. The Morgan fingerprint density at radius 2 is 2.06 bits per heavy atom. The van der Waals surface area contributed by atoms with Gasteiger partial charge in [-0.1, -0.05) is 30.7 Å². The van der Waals surface area contributed by atoms with Crippen LogP contribution in [0.15, 0.2) is 18.2 Å². The molecule has 0 heterocycles. The summed E-state index contributed by atoms with van der Waals surface area (Å²) in [7, 11) is 0. The Kier molecular flexibility index (Phi) is 4.77. The zero-order chi connectivity index (χ0) is 13.9. The number of nitrogens with zero attached hydrogens (tertiary/aromatic N) is 1. The van der Waals surface area contributed by atoms with E-state index in [9.17, 15) is 9.90 Å². The summed E-state index contributed by atoms with van der Waals surface area (Å²) in [6.07, 6.45) is 0. The Bertz CT molecular complexity index is 443. The first kappa shape index (κ1) is 15.0. The molecule has 0 aromatic heterocycles. The molecule has 0 aliphatic carbocycles. The number of hydrogen-bond acceptors (Lipinski definition) is 2. The summed E-state index contributed by atoms with van der Waals surface area (Å²) in [6.45, 7) is 8.54. The quantitative estimate of drug-likeness (QED) is 0.891. The maximum Gasteiger partial charge on any atom is 0.323 e. The van der Waals surface area contributed by atoms with Gasteiger partial charge in [0.25, 0.3) is 0 Å². The van der Waals surface area contributed by atoms with Crippen LogP contribution in [0.1, 0.15) is 31.9 Å². The van der Waals surface area contributed by atoms with E-state index in [2.05, 4.69) is 0 Å². The van der Waals surface area contributed by atoms with Gasteiger partial charge >= 0.3 is 5.97 Å². The van der Waals surface area contributed by atoms with Gasteiger partial charge in [-0.3, -0.25) is 9.69 Å². The molecule has 0 atom stereocenters. The second-order valence-corrected chi connectivity index (χ2v) is 5.38. The molecule has 0 saturated carbocycles. The summed E-state index contributed by atoms with van der Waals surface area (Å²) in [5.74, 6) is -0.826. The highest BCUT2D eigenvalue weighted by Crippen LogP contribution is 2.23. The number of carbonyl (C=O) groups is 1. The van der Waals surface area contributed by atoms with Crippen LogP contribution in [0, 0.1) is 6.92 Å². The van der Waals surface area contributed by atoms with E-state index in [4.69, 9.17) is 11.6 Å². The summed E-state index contributed by atoms with van der Waals surface area (Å²) >= 11 is 6.19. The molecule has 3 nitrogen and oxygen atoms in total. The van der Waals surface area contributed by atoms with Gasteiger partial charge in [-0.05, 0) is 44.5 Å². The first-order valence-electron chi connectivity index (χ1n) is 6.02. The van der Waals surface area contributed by atoms with Gasteiger partial charge in [-0.25, -0.2) is 0 Å². The highest BCUT2D eigenvalue weighted by atomic mass is 35.5. The molecule has 0 unspecified atom stereocenters. The minimum Gasteiger partial charge on any atom is -0.480 e. The fourth-order valence-electron chi connectivity index (χ4n) is 1.83. The first-order valence-corrected chi connectivity index (χ1v) is 6.40. The van der Waals surface area contributed by atoms with Crippen LogP contribution in [0.5, 0.6) is 0 Å². The molecule has 0 saturated heterocycles. The molecule has 0 amide bonds. The van der Waals surface area contributed by atoms with E-state index in [1.54, 1.807) is 13.8 Å². The number of carboxylic acids is 1. The molecule has 0 radical (unpaired) electrons. The van der Waals surface area contributed by atoms with Crippen LogP contribution in [0.4, 0.5) is 0 Å². The van der Waals surface area contributed by atoms with Crippen molar-refractivity contribution in [1.82, 2.24) is 4.90 Å². The van der Waals surface area contributed by atoms with Crippen LogP contribution in [-0.2, 0) is 11.3 Å². The lowest BCUT2D eigenvalue weighted by Gasteiger charge is -2.34. The Balaban J connectivity index is 2.96. The van der Waals surface area contributed by atoms with Crippen molar-refractivity contribution >= 4 is 17.6 Å². The molecule has 0 spiro atoms. The molecule has 100 valence electrons. The molecule has 1 N–H and O–H groups in total. The van der Waals surface area contributed by atoms with E-state index in [1.165, 1.54) is 0 Å². The number of benzene rings is 1. The first-order chi connectivity index (χ1) is 8.28. The van der Waals surface area contributed by atoms with Gasteiger partial charge in [-0.2, -0.15) is 0 Å². The van der Waals surface area contributed by atoms with Gasteiger partial charge in [0.2, 0.25) is 0 Å². The van der Waals surface area contributed by atoms with Crippen LogP contribution in [-0.4, -0.2) is 28.1 Å². The normalized spacial score (nSPS) is 11.9. The Morgan fingerprint density at radius 3 is 2.50 bits per heavy atom. The Labute approximate surface area is 113 Å². The topological polar surface area (TPSA) is 40.5 Å². The average Bonchev–Trinajstić information content (AvgIpc) is 2.27. The van der Waals surface area contributed by atoms with Crippen molar-refractivity contribution in [3.8, 4) is 0 Å². The Hall–Kier alpha value is -1.06. The fraction of sp³-hybridized carbons (Fsp3) is 0.500. The molecule has 0 bridgehead atoms. The van der Waals surface area contributed by atoms with Crippen molar-refractivity contribution in [2.24, 2.45) is 0 Å². The fourth-order valence-corrected chi connectivity index (χ4v) is 2.12. The second kappa shape index (κ2) is 5.72. The predicted octanol–water partition coefficient (Wildman–Crippen LogP) is 3.33. The zero-order valence-electron chi connectivity index (χ0n) is 11.3. The van der Waals surface area contributed by atoms with E-state index in [0.717, 1.165) is 11.1 Å². The third-order valence-electron chi connectivity index (χ3n) is 3.27. The summed E-state index contributed by atoms with van der Waals surface area (Å²) in [6, 6.07) is 5.85. The molecular formula is C14H20ClNO2. The van der Waals surface area contributed by atoms with Gasteiger partial charge in [0.05, 0.1) is 0 Å². The monoisotopic (exact) mass is 269 g/mol. The van der Waals surface area contributed by atoms with E-state index < -0.39 is 11.5 Å². The third-order valence-corrected chi connectivity index (χ3v) is 3.62. The van der Waals surface area contributed by atoms with Crippen molar-refractivity contribution in [3.05, 3.63) is 34.3 Å². The largest absolute Gasteiger partial charge is 0.480 e. The summed E-state index contributed by atoms with van der Waals surface area (Å²) < 4.78 is 0. The SMILES string of the molecule is CCN(Cc1ccc(C)cc1Cl)C(C)(C)C(=O)O. The van der Waals surface area contributed by atoms with Gasteiger partial charge in [0, 0.05) is 11.6 Å². The van der Waals surface area contributed by atoms with E-state index in [0.29, 0.717) is 18.1 Å². The highest BCUT2D eigenvalue weighted by molar-refractivity contribution is 6.31. The lowest BCUT2D eigenvalue weighted by Crippen LogP contribution is -2.49. The molecular weight excluding hydrogens is 250 g/mol. The van der Waals surface area contributed by atoms with Crippen molar-refractivity contribution in [3.63, 3.8) is 0 Å². The van der Waals surface area contributed by atoms with Crippen LogP contribution in [0.2, 0.25) is 5.02 Å².